The van der Waals surface area contributed by atoms with Crippen molar-refractivity contribution in [3.63, 3.8) is 0 Å². The van der Waals surface area contributed by atoms with Gasteiger partial charge in [-0.2, -0.15) is 0 Å². The van der Waals surface area contributed by atoms with Crippen molar-refractivity contribution in [2.45, 2.75) is 20.3 Å². The van der Waals surface area contributed by atoms with E-state index in [0.29, 0.717) is 18.8 Å². The van der Waals surface area contributed by atoms with E-state index < -0.39 is 4.92 Å². The van der Waals surface area contributed by atoms with E-state index in [1.165, 1.54) is 18.2 Å². The highest BCUT2D eigenvalue weighted by molar-refractivity contribution is 6.00. The van der Waals surface area contributed by atoms with E-state index in [2.05, 4.69) is 5.43 Å². The molecule has 1 rings (SSSR count). The molecule has 0 aliphatic rings. The Bertz CT molecular complexity index is 476. The number of benzene rings is 1. The summed E-state index contributed by atoms with van der Waals surface area (Å²) in [4.78, 5) is 24.2. The van der Waals surface area contributed by atoms with Crippen molar-refractivity contribution in [3.05, 3.63) is 33.9 Å². The lowest BCUT2D eigenvalue weighted by atomic mass is 10.1. The zero-order valence-electron chi connectivity index (χ0n) is 11.0. The number of amides is 1. The van der Waals surface area contributed by atoms with Crippen LogP contribution in [0.4, 0.5) is 11.4 Å². The molecule has 0 aliphatic heterocycles. The number of carbonyl (C=O) groups excluding carboxylic acids is 1. The number of nitro benzene ring substituents is 1. The van der Waals surface area contributed by atoms with Crippen molar-refractivity contribution in [1.82, 2.24) is 4.90 Å². The molecule has 0 aliphatic carbocycles. The number of nitrogens with two attached hydrogens (primary N) is 1. The van der Waals surface area contributed by atoms with Crippen molar-refractivity contribution in [1.29, 1.82) is 0 Å². The zero-order valence-corrected chi connectivity index (χ0v) is 11.0. The molecule has 1 amide bonds. The van der Waals surface area contributed by atoms with Gasteiger partial charge in [-0.15, -0.1) is 0 Å². The maximum absolute atomic E-state index is 12.3. The first-order chi connectivity index (χ1) is 9.04. The summed E-state index contributed by atoms with van der Waals surface area (Å²) in [5.74, 6) is 5.08. The van der Waals surface area contributed by atoms with Crippen molar-refractivity contribution in [2.75, 3.05) is 18.5 Å². The molecule has 0 atom stereocenters. The standard InChI is InChI=1S/C12H18N4O3/c1-3-7-15(4-2)12(17)10-8-9(16(18)19)5-6-11(10)14-13/h5-6,8,14H,3-4,7,13H2,1-2H3. The van der Waals surface area contributed by atoms with E-state index in [1.54, 1.807) is 4.90 Å². The first-order valence-corrected chi connectivity index (χ1v) is 6.09. The monoisotopic (exact) mass is 266 g/mol. The summed E-state index contributed by atoms with van der Waals surface area (Å²) in [5.41, 5.74) is 2.86. The number of nitrogens with zero attached hydrogens (tertiary/aromatic N) is 2. The van der Waals surface area contributed by atoms with Crippen LogP contribution in [0.5, 0.6) is 0 Å². The van der Waals surface area contributed by atoms with Crippen LogP contribution in [-0.4, -0.2) is 28.8 Å². The topological polar surface area (TPSA) is 102 Å². The summed E-state index contributed by atoms with van der Waals surface area (Å²) >= 11 is 0. The van der Waals surface area contributed by atoms with Crippen LogP contribution in [0.1, 0.15) is 30.6 Å². The van der Waals surface area contributed by atoms with Crippen LogP contribution in [0.25, 0.3) is 0 Å². The predicted octanol–water partition coefficient (Wildman–Crippen LogP) is 1.75. The fourth-order valence-electron chi connectivity index (χ4n) is 1.79. The Morgan fingerprint density at radius 3 is 2.63 bits per heavy atom. The average molecular weight is 266 g/mol. The van der Waals surface area contributed by atoms with Crippen LogP contribution >= 0.6 is 0 Å². The Labute approximate surface area is 111 Å². The van der Waals surface area contributed by atoms with Gasteiger partial charge < -0.3 is 10.3 Å². The van der Waals surface area contributed by atoms with Gasteiger partial charge in [-0.25, -0.2) is 0 Å². The molecule has 0 saturated carbocycles. The summed E-state index contributed by atoms with van der Waals surface area (Å²) in [6.07, 6.45) is 0.819. The van der Waals surface area contributed by atoms with Crippen molar-refractivity contribution < 1.29 is 9.72 Å². The smallest absolute Gasteiger partial charge is 0.270 e. The van der Waals surface area contributed by atoms with E-state index in [0.717, 1.165) is 6.42 Å². The molecule has 1 aromatic carbocycles. The summed E-state index contributed by atoms with van der Waals surface area (Å²) in [6, 6.07) is 3.99. The number of nitrogens with one attached hydrogen (secondary N) is 1. The Balaban J connectivity index is 3.18. The zero-order chi connectivity index (χ0) is 14.4. The van der Waals surface area contributed by atoms with Crippen LogP contribution in [0, 0.1) is 10.1 Å². The SMILES string of the molecule is CCCN(CC)C(=O)c1cc([N+](=O)[O-])ccc1NN. The second-order valence-corrected chi connectivity index (χ2v) is 4.02. The molecular weight excluding hydrogens is 248 g/mol. The number of carbonyl (C=O) groups is 1. The third-order valence-electron chi connectivity index (χ3n) is 2.76. The summed E-state index contributed by atoms with van der Waals surface area (Å²) in [6.45, 7) is 4.97. The Hall–Kier alpha value is -2.15. The van der Waals surface area contributed by atoms with Crippen molar-refractivity contribution in [3.8, 4) is 0 Å². The second-order valence-electron chi connectivity index (χ2n) is 4.02. The van der Waals surface area contributed by atoms with E-state index in [-0.39, 0.29) is 17.2 Å². The third kappa shape index (κ3) is 3.41. The molecule has 0 radical (unpaired) electrons. The van der Waals surface area contributed by atoms with Gasteiger partial charge >= 0.3 is 0 Å². The first kappa shape index (κ1) is 14.9. The minimum Gasteiger partial charge on any atom is -0.339 e. The van der Waals surface area contributed by atoms with Gasteiger partial charge in [0.25, 0.3) is 11.6 Å². The number of hydrogen-bond acceptors (Lipinski definition) is 5. The molecule has 7 heteroatoms. The number of non-ortho nitro benzene ring substituents is 1. The Kier molecular flexibility index (Phi) is 5.25. The number of hydrogen-bond donors (Lipinski definition) is 2. The lowest BCUT2D eigenvalue weighted by Crippen LogP contribution is -2.32. The minimum absolute atomic E-state index is 0.130. The van der Waals surface area contributed by atoms with Crippen LogP contribution in [-0.2, 0) is 0 Å². The molecule has 0 aromatic heterocycles. The van der Waals surface area contributed by atoms with Crippen molar-refractivity contribution in [2.24, 2.45) is 5.84 Å². The molecule has 0 fully saturated rings. The molecular formula is C12H18N4O3. The van der Waals surface area contributed by atoms with Crippen LogP contribution < -0.4 is 11.3 Å². The lowest BCUT2D eigenvalue weighted by Gasteiger charge is -2.21. The summed E-state index contributed by atoms with van der Waals surface area (Å²) in [7, 11) is 0. The molecule has 104 valence electrons. The highest BCUT2D eigenvalue weighted by Gasteiger charge is 2.20. The number of nitrogen functional groups attached to an aromatic ring is 1. The normalized spacial score (nSPS) is 10.1. The van der Waals surface area contributed by atoms with Crippen molar-refractivity contribution >= 4 is 17.3 Å². The van der Waals surface area contributed by atoms with Gasteiger partial charge in [0.1, 0.15) is 0 Å². The highest BCUT2D eigenvalue weighted by Crippen LogP contribution is 2.23. The lowest BCUT2D eigenvalue weighted by molar-refractivity contribution is -0.384. The fraction of sp³-hybridized carbons (Fsp3) is 0.417. The maximum Gasteiger partial charge on any atom is 0.270 e. The van der Waals surface area contributed by atoms with E-state index in [9.17, 15) is 14.9 Å². The molecule has 0 spiro atoms. The first-order valence-electron chi connectivity index (χ1n) is 6.09. The largest absolute Gasteiger partial charge is 0.339 e. The van der Waals surface area contributed by atoms with Gasteiger partial charge in [0.2, 0.25) is 0 Å². The predicted molar refractivity (Wildman–Crippen MR) is 72.8 cm³/mol. The van der Waals surface area contributed by atoms with E-state index in [4.69, 9.17) is 5.84 Å². The number of anilines is 1. The molecule has 1 aromatic rings. The minimum atomic E-state index is -0.535. The van der Waals surface area contributed by atoms with E-state index >= 15 is 0 Å². The van der Waals surface area contributed by atoms with Crippen LogP contribution in [0.15, 0.2) is 18.2 Å². The third-order valence-corrected chi connectivity index (χ3v) is 2.76. The molecule has 19 heavy (non-hydrogen) atoms. The maximum atomic E-state index is 12.3. The summed E-state index contributed by atoms with van der Waals surface area (Å²) in [5, 5.41) is 10.8. The molecule has 0 bridgehead atoms. The van der Waals surface area contributed by atoms with Crippen LogP contribution in [0.3, 0.4) is 0 Å². The van der Waals surface area contributed by atoms with Crippen LogP contribution in [0.2, 0.25) is 0 Å². The van der Waals surface area contributed by atoms with Gasteiger partial charge in [-0.3, -0.25) is 20.8 Å². The van der Waals surface area contributed by atoms with Gasteiger partial charge in [-0.1, -0.05) is 6.92 Å². The van der Waals surface area contributed by atoms with Gasteiger partial charge in [0.15, 0.2) is 0 Å². The van der Waals surface area contributed by atoms with Gasteiger partial charge in [-0.05, 0) is 19.4 Å². The molecule has 0 unspecified atom stereocenters. The molecule has 3 N–H and O–H groups in total. The van der Waals surface area contributed by atoms with E-state index in [1.807, 2.05) is 13.8 Å². The molecule has 0 heterocycles. The quantitative estimate of drug-likeness (QED) is 0.464. The Morgan fingerprint density at radius 2 is 2.16 bits per heavy atom. The molecule has 0 saturated heterocycles. The Morgan fingerprint density at radius 1 is 1.47 bits per heavy atom. The molecule has 7 nitrogen and oxygen atoms in total. The second kappa shape index (κ2) is 6.69. The fourth-order valence-corrected chi connectivity index (χ4v) is 1.79. The number of nitro groups is 1. The number of rotatable bonds is 6. The van der Waals surface area contributed by atoms with Gasteiger partial charge in [0, 0.05) is 25.2 Å². The highest BCUT2D eigenvalue weighted by atomic mass is 16.6. The average Bonchev–Trinajstić information content (AvgIpc) is 2.43. The summed E-state index contributed by atoms with van der Waals surface area (Å²) < 4.78 is 0. The number of hydrazine groups is 1. The van der Waals surface area contributed by atoms with Gasteiger partial charge in [0.05, 0.1) is 16.2 Å².